The molecule has 0 radical (unpaired) electrons. The van der Waals surface area contributed by atoms with Crippen molar-refractivity contribution in [2.24, 2.45) is 5.14 Å². The van der Waals surface area contributed by atoms with Gasteiger partial charge in [0.15, 0.2) is 0 Å². The zero-order valence-corrected chi connectivity index (χ0v) is 13.8. The monoisotopic (exact) mass is 371 g/mol. The van der Waals surface area contributed by atoms with E-state index in [1.807, 2.05) is 0 Å². The highest BCUT2D eigenvalue weighted by Gasteiger charge is 2.15. The van der Waals surface area contributed by atoms with Gasteiger partial charge in [0.25, 0.3) is 5.91 Å². The van der Waals surface area contributed by atoms with Gasteiger partial charge in [-0.1, -0.05) is 0 Å². The van der Waals surface area contributed by atoms with Crippen LogP contribution in [0.2, 0.25) is 0 Å². The molecule has 6 nitrogen and oxygen atoms in total. The number of nitrogens with two attached hydrogens (primary N) is 1. The molecule has 0 unspecified atom stereocenters. The average Bonchev–Trinajstić information content (AvgIpc) is 2.80. The van der Waals surface area contributed by atoms with Crippen LogP contribution < -0.4 is 10.5 Å². The van der Waals surface area contributed by atoms with Crippen molar-refractivity contribution in [2.75, 3.05) is 5.32 Å². The number of sulfonamides is 1. The molecule has 2 rings (SSSR count). The second kappa shape index (κ2) is 5.63. The number of aromatic amines is 1. The first-order valence-electron chi connectivity index (χ1n) is 5.98. The number of carbonyl (C=O) groups excluding carboxylic acids is 1. The van der Waals surface area contributed by atoms with Crippen molar-refractivity contribution >= 4 is 37.5 Å². The van der Waals surface area contributed by atoms with Gasteiger partial charge in [-0.05, 0) is 59.1 Å². The Morgan fingerprint density at radius 1 is 1.29 bits per heavy atom. The van der Waals surface area contributed by atoms with Crippen molar-refractivity contribution in [3.63, 3.8) is 0 Å². The Labute approximate surface area is 130 Å². The highest BCUT2D eigenvalue weighted by atomic mass is 79.9. The minimum absolute atomic E-state index is 0.0337. The molecule has 1 amide bonds. The number of aryl methyl sites for hydroxylation is 1. The summed E-state index contributed by atoms with van der Waals surface area (Å²) in [4.78, 5) is 14.9. The summed E-state index contributed by atoms with van der Waals surface area (Å²) in [7, 11) is -3.83. The van der Waals surface area contributed by atoms with Gasteiger partial charge in [0.1, 0.15) is 5.69 Å². The Balaban J connectivity index is 2.40. The van der Waals surface area contributed by atoms with Gasteiger partial charge in [-0.25, -0.2) is 13.6 Å². The largest absolute Gasteiger partial charge is 0.356 e. The third-order valence-corrected chi connectivity index (χ3v) is 4.46. The molecular formula is C13H14BrN3O3S. The number of halogens is 1. The van der Waals surface area contributed by atoms with Gasteiger partial charge in [-0.2, -0.15) is 0 Å². The molecule has 1 heterocycles. The van der Waals surface area contributed by atoms with E-state index in [1.165, 1.54) is 12.1 Å². The summed E-state index contributed by atoms with van der Waals surface area (Å²) in [5.41, 5.74) is 2.28. The van der Waals surface area contributed by atoms with Crippen molar-refractivity contribution in [1.29, 1.82) is 0 Å². The molecule has 4 N–H and O–H groups in total. The number of hydrogen-bond donors (Lipinski definition) is 3. The summed E-state index contributed by atoms with van der Waals surface area (Å²) < 4.78 is 23.7. The van der Waals surface area contributed by atoms with Crippen molar-refractivity contribution in [1.82, 2.24) is 4.98 Å². The summed E-state index contributed by atoms with van der Waals surface area (Å²) in [6.45, 7) is 3.55. The first-order chi connectivity index (χ1) is 9.68. The van der Waals surface area contributed by atoms with E-state index in [-0.39, 0.29) is 10.8 Å². The van der Waals surface area contributed by atoms with Gasteiger partial charge < -0.3 is 10.3 Å². The molecule has 2 aromatic rings. The fourth-order valence-corrected chi connectivity index (χ4v) is 2.78. The predicted octanol–water partition coefficient (Wildman–Crippen LogP) is 2.29. The predicted molar refractivity (Wildman–Crippen MR) is 83.7 cm³/mol. The molecule has 0 aliphatic heterocycles. The van der Waals surface area contributed by atoms with Gasteiger partial charge in [-0.3, -0.25) is 4.79 Å². The summed E-state index contributed by atoms with van der Waals surface area (Å²) in [5.74, 6) is -0.366. The van der Waals surface area contributed by atoms with E-state index in [9.17, 15) is 13.2 Å². The van der Waals surface area contributed by atoms with Crippen LogP contribution in [0.25, 0.3) is 0 Å². The number of H-pyrrole nitrogens is 1. The normalized spacial score (nSPS) is 11.4. The van der Waals surface area contributed by atoms with Crippen molar-refractivity contribution < 1.29 is 13.2 Å². The van der Waals surface area contributed by atoms with Crippen LogP contribution >= 0.6 is 15.9 Å². The molecule has 8 heteroatoms. The van der Waals surface area contributed by atoms with E-state index in [4.69, 9.17) is 5.14 Å². The van der Waals surface area contributed by atoms with Crippen LogP contribution in [0, 0.1) is 13.8 Å². The fraction of sp³-hybridized carbons (Fsp3) is 0.154. The van der Waals surface area contributed by atoms with Crippen LogP contribution in [0.5, 0.6) is 0 Å². The van der Waals surface area contributed by atoms with E-state index >= 15 is 0 Å². The number of primary sulfonamides is 1. The molecule has 0 saturated heterocycles. The van der Waals surface area contributed by atoms with E-state index in [0.29, 0.717) is 11.4 Å². The zero-order valence-electron chi connectivity index (χ0n) is 11.4. The van der Waals surface area contributed by atoms with E-state index < -0.39 is 10.0 Å². The first-order valence-corrected chi connectivity index (χ1v) is 8.31. The smallest absolute Gasteiger partial charge is 0.272 e. The number of benzene rings is 1. The maximum atomic E-state index is 12.1. The minimum atomic E-state index is -3.83. The highest BCUT2D eigenvalue weighted by Crippen LogP contribution is 2.24. The molecule has 112 valence electrons. The summed E-state index contributed by atoms with van der Waals surface area (Å²) in [6, 6.07) is 4.46. The van der Waals surface area contributed by atoms with Gasteiger partial charge in [-0.15, -0.1) is 0 Å². The van der Waals surface area contributed by atoms with E-state index in [1.54, 1.807) is 26.1 Å². The molecule has 0 atom stereocenters. The van der Waals surface area contributed by atoms with E-state index in [2.05, 4.69) is 26.2 Å². The molecule has 1 aromatic carbocycles. The van der Waals surface area contributed by atoms with Crippen LogP contribution in [0.15, 0.2) is 33.8 Å². The third-order valence-electron chi connectivity index (χ3n) is 3.11. The Kier molecular flexibility index (Phi) is 4.22. The number of amides is 1. The molecule has 0 aliphatic rings. The fourth-order valence-electron chi connectivity index (χ4n) is 1.81. The number of nitrogens with one attached hydrogen (secondary N) is 2. The van der Waals surface area contributed by atoms with Crippen molar-refractivity contribution in [3.8, 4) is 0 Å². The molecule has 0 fully saturated rings. The third kappa shape index (κ3) is 3.52. The molecule has 1 aromatic heterocycles. The van der Waals surface area contributed by atoms with Gasteiger partial charge in [0, 0.05) is 16.4 Å². The number of rotatable bonds is 3. The molecule has 0 bridgehead atoms. The SMILES string of the molecule is Cc1cc(S(N)(=O)=O)cc(NC(=O)c2cc(Br)c[nH]2)c1C. The number of carbonyl (C=O) groups is 1. The maximum Gasteiger partial charge on any atom is 0.272 e. The lowest BCUT2D eigenvalue weighted by Crippen LogP contribution is -2.16. The quantitative estimate of drug-likeness (QED) is 0.770. The van der Waals surface area contributed by atoms with Crippen molar-refractivity contribution in [3.05, 3.63) is 45.7 Å². The number of hydrogen-bond acceptors (Lipinski definition) is 3. The zero-order chi connectivity index (χ0) is 15.8. The highest BCUT2D eigenvalue weighted by molar-refractivity contribution is 9.10. The summed E-state index contributed by atoms with van der Waals surface area (Å²) in [5, 5.41) is 7.82. The number of anilines is 1. The topological polar surface area (TPSA) is 105 Å². The second-order valence-electron chi connectivity index (χ2n) is 4.64. The van der Waals surface area contributed by atoms with E-state index in [0.717, 1.165) is 15.6 Å². The van der Waals surface area contributed by atoms with Gasteiger partial charge >= 0.3 is 0 Å². The molecular weight excluding hydrogens is 358 g/mol. The lowest BCUT2D eigenvalue weighted by molar-refractivity contribution is 0.102. The Morgan fingerprint density at radius 2 is 1.95 bits per heavy atom. The van der Waals surface area contributed by atoms with Crippen molar-refractivity contribution in [2.45, 2.75) is 18.7 Å². The lowest BCUT2D eigenvalue weighted by Gasteiger charge is -2.12. The molecule has 21 heavy (non-hydrogen) atoms. The first kappa shape index (κ1) is 15.7. The Hall–Kier alpha value is -1.64. The van der Waals surface area contributed by atoms with Crippen LogP contribution in [-0.4, -0.2) is 19.3 Å². The Bertz CT molecular complexity index is 812. The molecule has 0 spiro atoms. The maximum absolute atomic E-state index is 12.1. The van der Waals surface area contributed by atoms with Gasteiger partial charge in [0.05, 0.1) is 4.90 Å². The average molecular weight is 372 g/mol. The summed E-state index contributed by atoms with van der Waals surface area (Å²) >= 11 is 3.24. The standard InChI is InChI=1S/C13H14BrN3O3S/c1-7-3-10(21(15,19)20)5-11(8(7)2)17-13(18)12-4-9(14)6-16-12/h3-6,16H,1-2H3,(H,17,18)(H2,15,19,20). The second-order valence-corrected chi connectivity index (χ2v) is 7.12. The van der Waals surface area contributed by atoms with Crippen LogP contribution in [0.3, 0.4) is 0 Å². The molecule has 0 saturated carbocycles. The number of aromatic nitrogens is 1. The molecule has 0 aliphatic carbocycles. The van der Waals surface area contributed by atoms with Crippen LogP contribution in [-0.2, 0) is 10.0 Å². The Morgan fingerprint density at radius 3 is 2.48 bits per heavy atom. The minimum Gasteiger partial charge on any atom is -0.356 e. The van der Waals surface area contributed by atoms with Crippen LogP contribution in [0.1, 0.15) is 21.6 Å². The van der Waals surface area contributed by atoms with Gasteiger partial charge in [0.2, 0.25) is 10.0 Å². The lowest BCUT2D eigenvalue weighted by atomic mass is 10.1. The van der Waals surface area contributed by atoms with Crippen LogP contribution in [0.4, 0.5) is 5.69 Å². The summed E-state index contributed by atoms with van der Waals surface area (Å²) in [6.07, 6.45) is 1.63.